The highest BCUT2D eigenvalue weighted by Gasteiger charge is 2.36. The van der Waals surface area contributed by atoms with Crippen molar-refractivity contribution in [3.05, 3.63) is 102 Å². The smallest absolute Gasteiger partial charge is 0.303 e. The number of carboxylic acid groups (broad SMARTS) is 1. The molecule has 2 N–H and O–H groups in total. The minimum Gasteiger partial charge on any atom is -0.481 e. The fourth-order valence-corrected chi connectivity index (χ4v) is 6.26. The van der Waals surface area contributed by atoms with E-state index in [-0.39, 0.29) is 30.9 Å². The lowest BCUT2D eigenvalue weighted by Crippen LogP contribution is -2.33. The van der Waals surface area contributed by atoms with E-state index in [2.05, 4.69) is 29.0 Å². The first kappa shape index (κ1) is 29.6. The van der Waals surface area contributed by atoms with Crippen LogP contribution in [0.2, 0.25) is 0 Å². The number of carbonyl (C=O) groups is 1. The molecule has 0 aliphatic heterocycles. The first-order chi connectivity index (χ1) is 19.2. The molecule has 0 aromatic heterocycles. The number of hydrogen-bond acceptors (Lipinski definition) is 4. The third kappa shape index (κ3) is 8.06. The Morgan fingerprint density at radius 2 is 1.70 bits per heavy atom. The Bertz CT molecular complexity index is 1410. The van der Waals surface area contributed by atoms with Gasteiger partial charge < -0.3 is 9.84 Å². The SMILES string of the molecule is O=C(O)CCC=CC[C@@H]1[C@@H](CNS(=O)(=O)c2ccc(F)cc2F)CC[C@@H]1OCc1ccc(-c2ccccc2)cc1. The van der Waals surface area contributed by atoms with Crippen molar-refractivity contribution in [2.24, 2.45) is 11.8 Å². The highest BCUT2D eigenvalue weighted by Crippen LogP contribution is 2.37. The van der Waals surface area contributed by atoms with Crippen molar-refractivity contribution in [3.63, 3.8) is 0 Å². The number of hydrogen-bond donors (Lipinski definition) is 2. The summed E-state index contributed by atoms with van der Waals surface area (Å²) >= 11 is 0. The minimum absolute atomic E-state index is 0.0227. The van der Waals surface area contributed by atoms with E-state index in [9.17, 15) is 22.0 Å². The number of rotatable bonds is 13. The van der Waals surface area contributed by atoms with Gasteiger partial charge in [0.2, 0.25) is 10.0 Å². The Balaban J connectivity index is 1.40. The van der Waals surface area contributed by atoms with E-state index >= 15 is 0 Å². The van der Waals surface area contributed by atoms with Crippen molar-refractivity contribution in [1.29, 1.82) is 0 Å². The van der Waals surface area contributed by atoms with Crippen LogP contribution in [0.4, 0.5) is 8.78 Å². The minimum atomic E-state index is -4.17. The van der Waals surface area contributed by atoms with Crippen LogP contribution < -0.4 is 4.72 Å². The second-order valence-electron chi connectivity index (χ2n) is 9.98. The standard InChI is InChI=1S/C31H33F2NO5S/c32-26-16-18-30(28(33)19-26)40(37,38)34-20-25-15-17-29(27(25)9-5-2-6-10-31(35)36)39-21-22-11-13-24(14-12-22)23-7-3-1-4-8-23/h1-5,7-8,11-14,16,18-19,25,27,29,34H,6,9-10,15,17,20-21H2,(H,35,36)/t25-,27-,29+/m1/s1. The molecule has 3 aromatic rings. The summed E-state index contributed by atoms with van der Waals surface area (Å²) < 4.78 is 61.7. The van der Waals surface area contributed by atoms with E-state index in [1.54, 1.807) is 0 Å². The van der Waals surface area contributed by atoms with Crippen molar-refractivity contribution >= 4 is 16.0 Å². The van der Waals surface area contributed by atoms with Gasteiger partial charge in [0, 0.05) is 19.0 Å². The number of halogens is 2. The molecular weight excluding hydrogens is 536 g/mol. The predicted octanol–water partition coefficient (Wildman–Crippen LogP) is 6.33. The van der Waals surface area contributed by atoms with Gasteiger partial charge in [0.05, 0.1) is 12.7 Å². The molecule has 1 fully saturated rings. The lowest BCUT2D eigenvalue weighted by atomic mass is 9.91. The third-order valence-corrected chi connectivity index (χ3v) is 8.71. The lowest BCUT2D eigenvalue weighted by Gasteiger charge is -2.24. The van der Waals surface area contributed by atoms with Gasteiger partial charge in [-0.05, 0) is 66.3 Å². The highest BCUT2D eigenvalue weighted by atomic mass is 32.2. The van der Waals surface area contributed by atoms with Gasteiger partial charge in [0.25, 0.3) is 0 Å². The van der Waals surface area contributed by atoms with E-state index in [0.717, 1.165) is 35.2 Å². The Morgan fingerprint density at radius 1 is 0.975 bits per heavy atom. The summed E-state index contributed by atoms with van der Waals surface area (Å²) in [5.74, 6) is -2.96. The quantitative estimate of drug-likeness (QED) is 0.235. The Hall–Kier alpha value is -3.40. The summed E-state index contributed by atoms with van der Waals surface area (Å²) in [6.07, 6.45) is 6.08. The van der Waals surface area contributed by atoms with Gasteiger partial charge in [-0.15, -0.1) is 0 Å². The van der Waals surface area contributed by atoms with E-state index in [1.807, 2.05) is 42.5 Å². The second kappa shape index (κ2) is 13.8. The molecule has 9 heteroatoms. The van der Waals surface area contributed by atoms with Gasteiger partial charge in [0.1, 0.15) is 16.5 Å². The summed E-state index contributed by atoms with van der Waals surface area (Å²) in [6.45, 7) is 0.483. The number of carboxylic acids is 1. The highest BCUT2D eigenvalue weighted by molar-refractivity contribution is 7.89. The monoisotopic (exact) mass is 569 g/mol. The van der Waals surface area contributed by atoms with Crippen LogP contribution in [0, 0.1) is 23.5 Å². The Morgan fingerprint density at radius 3 is 2.40 bits per heavy atom. The molecule has 0 unspecified atom stereocenters. The molecule has 3 atom stereocenters. The van der Waals surface area contributed by atoms with Crippen molar-refractivity contribution in [2.45, 2.75) is 49.7 Å². The fourth-order valence-electron chi connectivity index (χ4n) is 5.11. The number of ether oxygens (including phenoxy) is 1. The van der Waals surface area contributed by atoms with Gasteiger partial charge in [-0.25, -0.2) is 21.9 Å². The molecule has 0 radical (unpaired) electrons. The summed E-state index contributed by atoms with van der Waals surface area (Å²) in [5, 5.41) is 8.88. The number of benzene rings is 3. The maximum Gasteiger partial charge on any atom is 0.303 e. The van der Waals surface area contributed by atoms with Crippen LogP contribution in [0.15, 0.2) is 89.8 Å². The zero-order valence-corrected chi connectivity index (χ0v) is 22.8. The molecule has 3 aromatic carbocycles. The molecule has 1 aliphatic carbocycles. The molecule has 212 valence electrons. The van der Waals surface area contributed by atoms with E-state index < -0.39 is 32.5 Å². The molecule has 1 saturated carbocycles. The molecule has 40 heavy (non-hydrogen) atoms. The van der Waals surface area contributed by atoms with Crippen LogP contribution in [0.5, 0.6) is 0 Å². The van der Waals surface area contributed by atoms with Crippen LogP contribution in [0.1, 0.15) is 37.7 Å². The van der Waals surface area contributed by atoms with Crippen molar-refractivity contribution in [3.8, 4) is 11.1 Å². The van der Waals surface area contributed by atoms with Crippen LogP contribution in [-0.2, 0) is 26.2 Å². The average molecular weight is 570 g/mol. The van der Waals surface area contributed by atoms with Crippen molar-refractivity contribution in [2.75, 3.05) is 6.54 Å². The molecule has 4 rings (SSSR count). The third-order valence-electron chi connectivity index (χ3n) is 7.25. The number of allylic oxidation sites excluding steroid dienone is 2. The molecule has 6 nitrogen and oxygen atoms in total. The van der Waals surface area contributed by atoms with E-state index in [4.69, 9.17) is 9.84 Å². The van der Waals surface area contributed by atoms with Crippen molar-refractivity contribution in [1.82, 2.24) is 4.72 Å². The molecule has 0 amide bonds. The van der Waals surface area contributed by atoms with Gasteiger partial charge in [-0.3, -0.25) is 4.79 Å². The predicted molar refractivity (Wildman–Crippen MR) is 149 cm³/mol. The molecule has 0 spiro atoms. The van der Waals surface area contributed by atoms with Gasteiger partial charge in [-0.2, -0.15) is 0 Å². The summed E-state index contributed by atoms with van der Waals surface area (Å²) in [7, 11) is -4.17. The fraction of sp³-hybridized carbons (Fsp3) is 0.323. The molecule has 0 bridgehead atoms. The van der Waals surface area contributed by atoms with Gasteiger partial charge in [0.15, 0.2) is 0 Å². The van der Waals surface area contributed by atoms with Crippen LogP contribution >= 0.6 is 0 Å². The van der Waals surface area contributed by atoms with Crippen molar-refractivity contribution < 1.29 is 31.8 Å². The lowest BCUT2D eigenvalue weighted by molar-refractivity contribution is -0.136. The number of nitrogens with one attached hydrogen (secondary N) is 1. The number of sulfonamides is 1. The van der Waals surface area contributed by atoms with E-state index in [1.165, 1.54) is 0 Å². The summed E-state index contributed by atoms with van der Waals surface area (Å²) in [5.41, 5.74) is 3.26. The van der Waals surface area contributed by atoms with Crippen LogP contribution in [0.3, 0.4) is 0 Å². The van der Waals surface area contributed by atoms with E-state index in [0.29, 0.717) is 31.9 Å². The second-order valence-corrected chi connectivity index (χ2v) is 11.7. The summed E-state index contributed by atoms with van der Waals surface area (Å²) in [6, 6.07) is 20.6. The van der Waals surface area contributed by atoms with Crippen LogP contribution in [0.25, 0.3) is 11.1 Å². The molecule has 1 aliphatic rings. The van der Waals surface area contributed by atoms with Gasteiger partial charge >= 0.3 is 5.97 Å². The molecule has 0 heterocycles. The number of aliphatic carboxylic acids is 1. The zero-order chi connectivity index (χ0) is 28.5. The topological polar surface area (TPSA) is 92.7 Å². The normalized spacial score (nSPS) is 19.3. The summed E-state index contributed by atoms with van der Waals surface area (Å²) in [4.78, 5) is 10.2. The first-order valence-electron chi connectivity index (χ1n) is 13.3. The van der Waals surface area contributed by atoms with Crippen LogP contribution in [-0.4, -0.2) is 32.1 Å². The average Bonchev–Trinajstić information content (AvgIpc) is 3.32. The first-order valence-corrected chi connectivity index (χ1v) is 14.8. The largest absolute Gasteiger partial charge is 0.481 e. The van der Waals surface area contributed by atoms with Gasteiger partial charge in [-0.1, -0.05) is 66.7 Å². The molecular formula is C31H33F2NO5S. The zero-order valence-electron chi connectivity index (χ0n) is 22.0. The maximum absolute atomic E-state index is 14.1. The Labute approximate surface area is 233 Å². The Kier molecular flexibility index (Phi) is 10.2. The molecule has 0 saturated heterocycles. The maximum atomic E-state index is 14.1.